The number of phosphoric acid groups is 1. The summed E-state index contributed by atoms with van der Waals surface area (Å²) in [7, 11) is 1.60. The standard InChI is InChI=1S/C50H92NO7P/c1-6-8-10-12-14-16-18-20-22-24-25-26-27-28-29-31-33-35-37-39-41-43-50(52)58-49(48-57-59(53,54)56-46-44-51(3,4)5)47-55-45-42-40-38-36-34-32-30-23-21-19-17-15-13-11-9-7-2/h22,24,26-27,29,31,35,37,42,45,49H,6-21,23,25,28,30,32-34,36,38-41,43-44,46-48H2,1-5H3/p+1/b24-22+,27-26+,31-29+,37-35+,45-42+/t49-/m1/s1. The van der Waals surface area contributed by atoms with Gasteiger partial charge in [-0.3, -0.25) is 13.8 Å². The molecule has 0 bridgehead atoms. The zero-order valence-electron chi connectivity index (χ0n) is 39.0. The van der Waals surface area contributed by atoms with Crippen molar-refractivity contribution in [2.45, 2.75) is 206 Å². The van der Waals surface area contributed by atoms with Gasteiger partial charge in [0.1, 0.15) is 19.8 Å². The number of ether oxygens (including phenoxy) is 2. The molecule has 0 aliphatic rings. The molecule has 344 valence electrons. The third-order valence-corrected chi connectivity index (χ3v) is 11.1. The maximum atomic E-state index is 12.7. The molecule has 59 heavy (non-hydrogen) atoms. The van der Waals surface area contributed by atoms with Gasteiger partial charge in [-0.05, 0) is 63.9 Å². The molecule has 0 rings (SSSR count). The van der Waals surface area contributed by atoms with E-state index in [1.165, 1.54) is 135 Å². The van der Waals surface area contributed by atoms with Gasteiger partial charge in [-0.15, -0.1) is 0 Å². The Morgan fingerprint density at radius 2 is 0.949 bits per heavy atom. The van der Waals surface area contributed by atoms with Crippen LogP contribution in [-0.4, -0.2) is 69.0 Å². The zero-order chi connectivity index (χ0) is 43.4. The van der Waals surface area contributed by atoms with Gasteiger partial charge < -0.3 is 18.9 Å². The minimum absolute atomic E-state index is 0.0251. The fourth-order valence-electron chi connectivity index (χ4n) is 6.39. The van der Waals surface area contributed by atoms with Crippen LogP contribution in [0.2, 0.25) is 0 Å². The fraction of sp³-hybridized carbons (Fsp3) is 0.780. The Hall–Kier alpha value is -1.96. The number of esters is 1. The SMILES string of the molecule is CCCCCCCCC/C=C/C/C=C/C/C=C/C/C=C/CCCC(=O)O[C@H](CO/C=C/CCCCCCCCCCCCCCCC)COP(=O)(O)OCC[N+](C)(C)C. The topological polar surface area (TPSA) is 91.3 Å². The van der Waals surface area contributed by atoms with Gasteiger partial charge in [0.2, 0.25) is 0 Å². The van der Waals surface area contributed by atoms with E-state index in [4.69, 9.17) is 18.5 Å². The summed E-state index contributed by atoms with van der Waals surface area (Å²) in [5, 5.41) is 0. The summed E-state index contributed by atoms with van der Waals surface area (Å²) in [6.07, 6.45) is 55.1. The second kappa shape index (κ2) is 42.7. The van der Waals surface area contributed by atoms with Gasteiger partial charge >= 0.3 is 13.8 Å². The van der Waals surface area contributed by atoms with Crippen LogP contribution in [0.1, 0.15) is 200 Å². The number of rotatable bonds is 44. The molecule has 0 radical (unpaired) electrons. The Kier molecular flexibility index (Phi) is 41.3. The molecule has 1 N–H and O–H groups in total. The minimum Gasteiger partial charge on any atom is -0.498 e. The number of hydrogen-bond acceptors (Lipinski definition) is 6. The molecule has 0 aromatic rings. The molecule has 0 saturated carbocycles. The van der Waals surface area contributed by atoms with E-state index in [0.717, 1.165) is 38.5 Å². The van der Waals surface area contributed by atoms with E-state index in [9.17, 15) is 14.3 Å². The Morgan fingerprint density at radius 1 is 0.542 bits per heavy atom. The van der Waals surface area contributed by atoms with Crippen LogP contribution in [0.5, 0.6) is 0 Å². The molecule has 0 amide bonds. The number of nitrogens with zero attached hydrogens (tertiary/aromatic N) is 1. The first-order chi connectivity index (χ1) is 28.6. The van der Waals surface area contributed by atoms with E-state index in [0.29, 0.717) is 17.4 Å². The Bertz CT molecular complexity index is 1130. The minimum atomic E-state index is -4.31. The molecule has 0 aromatic carbocycles. The summed E-state index contributed by atoms with van der Waals surface area (Å²) in [6.45, 7) is 4.87. The van der Waals surface area contributed by atoms with E-state index in [2.05, 4.69) is 62.5 Å². The lowest BCUT2D eigenvalue weighted by Gasteiger charge is -2.24. The average molecular weight is 851 g/mol. The van der Waals surface area contributed by atoms with E-state index in [-0.39, 0.29) is 32.2 Å². The predicted octanol–water partition coefficient (Wildman–Crippen LogP) is 14.8. The van der Waals surface area contributed by atoms with Gasteiger partial charge in [0.05, 0.1) is 34.0 Å². The van der Waals surface area contributed by atoms with Crippen LogP contribution in [0, 0.1) is 0 Å². The Labute approximate surface area is 364 Å². The Morgan fingerprint density at radius 3 is 1.41 bits per heavy atom. The first-order valence-electron chi connectivity index (χ1n) is 24.1. The van der Waals surface area contributed by atoms with Crippen LogP contribution >= 0.6 is 7.82 Å². The van der Waals surface area contributed by atoms with Crippen LogP contribution in [0.25, 0.3) is 0 Å². The molecule has 2 atom stereocenters. The number of phosphoric ester groups is 1. The molecule has 0 aliphatic carbocycles. The van der Waals surface area contributed by atoms with Gasteiger partial charge in [-0.2, -0.15) is 0 Å². The van der Waals surface area contributed by atoms with Gasteiger partial charge in [-0.1, -0.05) is 184 Å². The second-order valence-electron chi connectivity index (χ2n) is 17.2. The van der Waals surface area contributed by atoms with Crippen molar-refractivity contribution in [1.82, 2.24) is 0 Å². The maximum absolute atomic E-state index is 12.7. The zero-order valence-corrected chi connectivity index (χ0v) is 39.9. The molecular formula is C50H93NO7P+. The summed E-state index contributed by atoms with van der Waals surface area (Å²) in [5.41, 5.74) is 0. The highest BCUT2D eigenvalue weighted by Crippen LogP contribution is 2.43. The van der Waals surface area contributed by atoms with Gasteiger partial charge in [-0.25, -0.2) is 4.57 Å². The molecule has 0 aromatic heterocycles. The third-order valence-electron chi connectivity index (χ3n) is 10.1. The van der Waals surface area contributed by atoms with Crippen molar-refractivity contribution in [2.24, 2.45) is 0 Å². The summed E-state index contributed by atoms with van der Waals surface area (Å²) >= 11 is 0. The molecule has 1 unspecified atom stereocenters. The highest BCUT2D eigenvalue weighted by molar-refractivity contribution is 7.47. The quantitative estimate of drug-likeness (QED) is 0.0163. The van der Waals surface area contributed by atoms with E-state index < -0.39 is 13.9 Å². The van der Waals surface area contributed by atoms with Crippen LogP contribution in [0.3, 0.4) is 0 Å². The lowest BCUT2D eigenvalue weighted by molar-refractivity contribution is -0.870. The number of likely N-dealkylation sites (N-methyl/N-ethyl adjacent to an activating group) is 1. The molecular weight excluding hydrogens is 758 g/mol. The Balaban J connectivity index is 4.34. The van der Waals surface area contributed by atoms with Gasteiger partial charge in [0.25, 0.3) is 0 Å². The molecule has 0 saturated heterocycles. The number of allylic oxidation sites excluding steroid dienone is 9. The van der Waals surface area contributed by atoms with Crippen molar-refractivity contribution < 1.29 is 37.3 Å². The lowest BCUT2D eigenvalue weighted by atomic mass is 10.0. The molecule has 9 heteroatoms. The summed E-state index contributed by atoms with van der Waals surface area (Å²) in [5.74, 6) is -0.389. The van der Waals surface area contributed by atoms with Crippen molar-refractivity contribution in [1.29, 1.82) is 0 Å². The van der Waals surface area contributed by atoms with Crippen LogP contribution < -0.4 is 0 Å². The average Bonchev–Trinajstić information content (AvgIpc) is 3.19. The molecule has 8 nitrogen and oxygen atoms in total. The van der Waals surface area contributed by atoms with Gasteiger partial charge in [0.15, 0.2) is 6.10 Å². The number of unbranched alkanes of at least 4 members (excludes halogenated alkanes) is 22. The summed E-state index contributed by atoms with van der Waals surface area (Å²) in [6, 6.07) is 0. The highest BCUT2D eigenvalue weighted by atomic mass is 31.2. The fourth-order valence-corrected chi connectivity index (χ4v) is 7.14. The maximum Gasteiger partial charge on any atom is 0.472 e. The number of quaternary nitrogens is 1. The second-order valence-corrected chi connectivity index (χ2v) is 18.7. The lowest BCUT2D eigenvalue weighted by Crippen LogP contribution is -2.37. The van der Waals surface area contributed by atoms with E-state index >= 15 is 0 Å². The summed E-state index contributed by atoms with van der Waals surface area (Å²) in [4.78, 5) is 22.9. The molecule has 0 aliphatic heterocycles. The first-order valence-corrected chi connectivity index (χ1v) is 25.6. The summed E-state index contributed by atoms with van der Waals surface area (Å²) < 4.78 is 34.7. The smallest absolute Gasteiger partial charge is 0.472 e. The number of carbonyl (C=O) groups excluding carboxylic acids is 1. The molecule has 0 heterocycles. The molecule has 0 spiro atoms. The third kappa shape index (κ3) is 47.0. The highest BCUT2D eigenvalue weighted by Gasteiger charge is 2.26. The predicted molar refractivity (Wildman–Crippen MR) is 251 cm³/mol. The normalized spacial score (nSPS) is 14.1. The van der Waals surface area contributed by atoms with E-state index in [1.807, 2.05) is 27.2 Å². The molecule has 0 fully saturated rings. The van der Waals surface area contributed by atoms with Crippen LogP contribution in [-0.2, 0) is 27.9 Å². The monoisotopic (exact) mass is 851 g/mol. The van der Waals surface area contributed by atoms with E-state index in [1.54, 1.807) is 6.26 Å². The number of hydrogen-bond donors (Lipinski definition) is 1. The van der Waals surface area contributed by atoms with Crippen LogP contribution in [0.15, 0.2) is 60.9 Å². The van der Waals surface area contributed by atoms with Crippen molar-refractivity contribution in [3.05, 3.63) is 60.9 Å². The van der Waals surface area contributed by atoms with Crippen molar-refractivity contribution in [2.75, 3.05) is 47.5 Å². The van der Waals surface area contributed by atoms with Crippen molar-refractivity contribution >= 4 is 13.8 Å². The van der Waals surface area contributed by atoms with Crippen molar-refractivity contribution in [3.8, 4) is 0 Å². The first kappa shape index (κ1) is 57.0. The van der Waals surface area contributed by atoms with Crippen molar-refractivity contribution in [3.63, 3.8) is 0 Å². The number of carbonyl (C=O) groups is 1. The van der Waals surface area contributed by atoms with Gasteiger partial charge in [0, 0.05) is 6.42 Å². The largest absolute Gasteiger partial charge is 0.498 e. The van der Waals surface area contributed by atoms with Crippen LogP contribution in [0.4, 0.5) is 0 Å².